The topological polar surface area (TPSA) is 118 Å². The van der Waals surface area contributed by atoms with Crippen molar-refractivity contribution in [3.05, 3.63) is 40.2 Å². The fourth-order valence-corrected chi connectivity index (χ4v) is 2.47. The summed E-state index contributed by atoms with van der Waals surface area (Å²) >= 11 is 0. The third-order valence-electron chi connectivity index (χ3n) is 3.57. The number of hydrogen-bond acceptors (Lipinski definition) is 4. The molecule has 1 heterocycles. The molecule has 7 heteroatoms. The van der Waals surface area contributed by atoms with Crippen LogP contribution in [0.25, 0.3) is 5.69 Å². The van der Waals surface area contributed by atoms with E-state index >= 15 is 0 Å². The molecular weight excluding hydrogens is 286 g/mol. The normalized spacial score (nSPS) is 10.7. The molecule has 0 aliphatic heterocycles. The first-order chi connectivity index (χ1) is 10.3. The molecule has 0 saturated carbocycles. The van der Waals surface area contributed by atoms with Crippen LogP contribution in [0.15, 0.2) is 12.1 Å². The molecule has 1 aromatic heterocycles. The molecule has 0 unspecified atom stereocenters. The highest BCUT2D eigenvalue weighted by molar-refractivity contribution is 6.00. The van der Waals surface area contributed by atoms with E-state index in [9.17, 15) is 14.7 Å². The van der Waals surface area contributed by atoms with E-state index in [1.54, 1.807) is 6.07 Å². The number of nitrogens with zero attached hydrogens (tertiary/aromatic N) is 2. The molecule has 0 aliphatic rings. The lowest BCUT2D eigenvalue weighted by Gasteiger charge is -2.13. The summed E-state index contributed by atoms with van der Waals surface area (Å²) in [6.07, 6.45) is 0.769. The third-order valence-corrected chi connectivity index (χ3v) is 3.57. The highest BCUT2D eigenvalue weighted by atomic mass is 16.4. The molecule has 0 amide bonds. The van der Waals surface area contributed by atoms with E-state index in [0.717, 1.165) is 27.8 Å². The summed E-state index contributed by atoms with van der Waals surface area (Å²) in [4.78, 5) is 22.6. The number of nitrogen functional groups attached to an aromatic ring is 1. The first-order valence-corrected chi connectivity index (χ1v) is 6.73. The number of carbonyl (C=O) groups is 2. The first-order valence-electron chi connectivity index (χ1n) is 6.73. The molecule has 0 saturated heterocycles. The number of aryl methyl sites for hydroxylation is 2. The van der Waals surface area contributed by atoms with E-state index < -0.39 is 17.6 Å². The molecule has 1 aromatic carbocycles. The van der Waals surface area contributed by atoms with Gasteiger partial charge in [-0.2, -0.15) is 5.10 Å². The van der Waals surface area contributed by atoms with Crippen LogP contribution in [0.1, 0.15) is 44.6 Å². The van der Waals surface area contributed by atoms with E-state index in [2.05, 4.69) is 5.10 Å². The predicted octanol–water partition coefficient (Wildman–Crippen LogP) is 2.03. The number of aromatic carboxylic acids is 2. The third kappa shape index (κ3) is 2.41. The Hall–Kier alpha value is -2.83. The van der Waals surface area contributed by atoms with Crippen LogP contribution in [-0.4, -0.2) is 31.9 Å². The monoisotopic (exact) mass is 303 g/mol. The average molecular weight is 303 g/mol. The summed E-state index contributed by atoms with van der Waals surface area (Å²) in [5.41, 5.74) is 7.84. The van der Waals surface area contributed by atoms with Crippen LogP contribution in [-0.2, 0) is 6.42 Å². The van der Waals surface area contributed by atoms with Gasteiger partial charge in [0.25, 0.3) is 0 Å². The zero-order valence-corrected chi connectivity index (χ0v) is 12.5. The second kappa shape index (κ2) is 5.51. The van der Waals surface area contributed by atoms with E-state index in [-0.39, 0.29) is 11.4 Å². The minimum absolute atomic E-state index is 0.340. The Morgan fingerprint density at radius 3 is 2.36 bits per heavy atom. The van der Waals surface area contributed by atoms with Crippen molar-refractivity contribution in [1.29, 1.82) is 0 Å². The molecule has 7 nitrogen and oxygen atoms in total. The minimum atomic E-state index is -1.36. The largest absolute Gasteiger partial charge is 0.476 e. The van der Waals surface area contributed by atoms with Gasteiger partial charge in [0.1, 0.15) is 5.69 Å². The van der Waals surface area contributed by atoms with Crippen LogP contribution < -0.4 is 5.73 Å². The Morgan fingerprint density at radius 1 is 1.23 bits per heavy atom. The maximum Gasteiger partial charge on any atom is 0.358 e. The Morgan fingerprint density at radius 2 is 1.86 bits per heavy atom. The fourth-order valence-electron chi connectivity index (χ4n) is 2.47. The molecule has 2 aromatic rings. The number of carboxylic acid groups (broad SMARTS) is 2. The van der Waals surface area contributed by atoms with Crippen LogP contribution in [0.4, 0.5) is 5.69 Å². The molecule has 0 atom stereocenters. The van der Waals surface area contributed by atoms with Crippen molar-refractivity contribution in [1.82, 2.24) is 9.78 Å². The van der Waals surface area contributed by atoms with Crippen molar-refractivity contribution in [2.24, 2.45) is 0 Å². The van der Waals surface area contributed by atoms with Gasteiger partial charge in [0, 0.05) is 0 Å². The van der Waals surface area contributed by atoms with Crippen molar-refractivity contribution >= 4 is 17.6 Å². The van der Waals surface area contributed by atoms with E-state index in [0.29, 0.717) is 5.69 Å². The Balaban J connectivity index is 2.83. The number of carboxylic acids is 2. The maximum absolute atomic E-state index is 11.5. The highest BCUT2D eigenvalue weighted by Gasteiger charge is 2.26. The predicted molar refractivity (Wildman–Crippen MR) is 80.7 cm³/mol. The molecule has 0 radical (unpaired) electrons. The second-order valence-electron chi connectivity index (χ2n) is 5.05. The number of benzene rings is 1. The molecule has 0 aliphatic carbocycles. The standard InChI is InChI=1S/C15H17N3O4/c1-4-9-5-7(2)6-10(8(9)3)18-13(15(21)22)11(16)12(17-18)14(19)20/h5-6H,4,16H2,1-3H3,(H,19,20)(H,21,22). The van der Waals surface area contributed by atoms with Gasteiger partial charge in [0.2, 0.25) is 0 Å². The van der Waals surface area contributed by atoms with Gasteiger partial charge < -0.3 is 15.9 Å². The molecule has 22 heavy (non-hydrogen) atoms. The van der Waals surface area contributed by atoms with Crippen LogP contribution in [0, 0.1) is 13.8 Å². The van der Waals surface area contributed by atoms with Gasteiger partial charge in [-0.15, -0.1) is 0 Å². The second-order valence-corrected chi connectivity index (χ2v) is 5.05. The van der Waals surface area contributed by atoms with Crippen molar-refractivity contribution in [2.75, 3.05) is 5.73 Å². The van der Waals surface area contributed by atoms with Gasteiger partial charge in [-0.1, -0.05) is 13.0 Å². The van der Waals surface area contributed by atoms with Crippen LogP contribution >= 0.6 is 0 Å². The summed E-state index contributed by atoms with van der Waals surface area (Å²) in [5.74, 6) is -2.68. The van der Waals surface area contributed by atoms with Gasteiger partial charge in [-0.3, -0.25) is 0 Å². The minimum Gasteiger partial charge on any atom is -0.476 e. The number of nitrogens with two attached hydrogens (primary N) is 1. The average Bonchev–Trinajstić information content (AvgIpc) is 2.78. The smallest absolute Gasteiger partial charge is 0.358 e. The van der Waals surface area contributed by atoms with Gasteiger partial charge in [-0.05, 0) is 43.0 Å². The van der Waals surface area contributed by atoms with E-state index in [1.165, 1.54) is 0 Å². The van der Waals surface area contributed by atoms with Crippen LogP contribution in [0.5, 0.6) is 0 Å². The number of aromatic nitrogens is 2. The lowest BCUT2D eigenvalue weighted by atomic mass is 10.0. The summed E-state index contributed by atoms with van der Waals surface area (Å²) in [5, 5.41) is 22.4. The SMILES string of the molecule is CCc1cc(C)cc(-n2nc(C(=O)O)c(N)c2C(=O)O)c1C. The highest BCUT2D eigenvalue weighted by Crippen LogP contribution is 2.26. The molecule has 116 valence electrons. The fraction of sp³-hybridized carbons (Fsp3) is 0.267. The first kappa shape index (κ1) is 15.6. The van der Waals surface area contributed by atoms with Crippen molar-refractivity contribution in [3.8, 4) is 5.69 Å². The van der Waals surface area contributed by atoms with Crippen molar-refractivity contribution in [2.45, 2.75) is 27.2 Å². The van der Waals surface area contributed by atoms with Gasteiger partial charge in [0.05, 0.1) is 5.69 Å². The Kier molecular flexibility index (Phi) is 3.90. The summed E-state index contributed by atoms with van der Waals surface area (Å²) in [6, 6.07) is 3.77. The quantitative estimate of drug-likeness (QED) is 0.795. The van der Waals surface area contributed by atoms with E-state index in [1.807, 2.05) is 26.8 Å². The summed E-state index contributed by atoms with van der Waals surface area (Å²) < 4.78 is 1.10. The van der Waals surface area contributed by atoms with Gasteiger partial charge >= 0.3 is 11.9 Å². The van der Waals surface area contributed by atoms with Gasteiger partial charge in [0.15, 0.2) is 11.4 Å². The van der Waals surface area contributed by atoms with E-state index in [4.69, 9.17) is 10.8 Å². The summed E-state index contributed by atoms with van der Waals surface area (Å²) in [7, 11) is 0. The summed E-state index contributed by atoms with van der Waals surface area (Å²) in [6.45, 7) is 5.72. The van der Waals surface area contributed by atoms with Crippen LogP contribution in [0.3, 0.4) is 0 Å². The van der Waals surface area contributed by atoms with Gasteiger partial charge in [-0.25, -0.2) is 14.3 Å². The zero-order valence-electron chi connectivity index (χ0n) is 12.5. The molecule has 2 rings (SSSR count). The Labute approximate surface area is 127 Å². The molecule has 0 bridgehead atoms. The molecular formula is C15H17N3O4. The van der Waals surface area contributed by atoms with Crippen LogP contribution in [0.2, 0.25) is 0 Å². The lowest BCUT2D eigenvalue weighted by molar-refractivity contribution is 0.0679. The number of rotatable bonds is 4. The number of anilines is 1. The zero-order chi connectivity index (χ0) is 16.6. The maximum atomic E-state index is 11.5. The van der Waals surface area contributed by atoms with Crippen molar-refractivity contribution in [3.63, 3.8) is 0 Å². The number of hydrogen-bond donors (Lipinski definition) is 3. The molecule has 0 fully saturated rings. The molecule has 4 N–H and O–H groups in total. The van der Waals surface area contributed by atoms with Crippen molar-refractivity contribution < 1.29 is 19.8 Å². The Bertz CT molecular complexity index is 778. The molecule has 0 spiro atoms. The lowest BCUT2D eigenvalue weighted by Crippen LogP contribution is -2.12.